The van der Waals surface area contributed by atoms with E-state index < -0.39 is 0 Å². The summed E-state index contributed by atoms with van der Waals surface area (Å²) in [4.78, 5) is 0. The van der Waals surface area contributed by atoms with Crippen LogP contribution >= 0.6 is 0 Å². The standard InChI is InChI=1S/C10H13FN/c1-2-3-8-12-10-6-4-9(11)5-7-10/h4-7,12H,1-3,8H2. The van der Waals surface area contributed by atoms with Crippen LogP contribution < -0.4 is 5.32 Å². The number of hydrogen-bond acceptors (Lipinski definition) is 1. The van der Waals surface area contributed by atoms with Gasteiger partial charge in [-0.05, 0) is 30.7 Å². The van der Waals surface area contributed by atoms with Gasteiger partial charge in [-0.2, -0.15) is 0 Å². The quantitative estimate of drug-likeness (QED) is 0.678. The van der Waals surface area contributed by atoms with Crippen LogP contribution in [0.4, 0.5) is 10.1 Å². The van der Waals surface area contributed by atoms with E-state index in [2.05, 4.69) is 12.2 Å². The van der Waals surface area contributed by atoms with Crippen molar-refractivity contribution >= 4 is 5.69 Å². The van der Waals surface area contributed by atoms with Gasteiger partial charge in [0.25, 0.3) is 0 Å². The molecule has 0 saturated carbocycles. The first-order valence-electron chi connectivity index (χ1n) is 4.11. The summed E-state index contributed by atoms with van der Waals surface area (Å²) >= 11 is 0. The Morgan fingerprint density at radius 1 is 1.25 bits per heavy atom. The first-order valence-corrected chi connectivity index (χ1v) is 4.11. The molecule has 0 aromatic heterocycles. The van der Waals surface area contributed by atoms with Gasteiger partial charge in [0.1, 0.15) is 5.82 Å². The molecule has 1 aromatic carbocycles. The molecule has 0 bridgehead atoms. The van der Waals surface area contributed by atoms with E-state index in [1.54, 1.807) is 12.1 Å². The Balaban J connectivity index is 2.37. The van der Waals surface area contributed by atoms with Crippen molar-refractivity contribution < 1.29 is 4.39 Å². The van der Waals surface area contributed by atoms with Gasteiger partial charge in [0.15, 0.2) is 0 Å². The maximum absolute atomic E-state index is 12.4. The fraction of sp³-hybridized carbons (Fsp3) is 0.300. The number of benzene rings is 1. The number of rotatable bonds is 4. The van der Waals surface area contributed by atoms with Gasteiger partial charge in [-0.3, -0.25) is 0 Å². The average molecular weight is 166 g/mol. The van der Waals surface area contributed by atoms with Crippen molar-refractivity contribution in [3.63, 3.8) is 0 Å². The van der Waals surface area contributed by atoms with Crippen LogP contribution in [0.1, 0.15) is 12.8 Å². The minimum Gasteiger partial charge on any atom is -0.385 e. The van der Waals surface area contributed by atoms with Crippen LogP contribution in [-0.2, 0) is 0 Å². The van der Waals surface area contributed by atoms with Crippen LogP contribution in [0.3, 0.4) is 0 Å². The summed E-state index contributed by atoms with van der Waals surface area (Å²) < 4.78 is 12.4. The van der Waals surface area contributed by atoms with Gasteiger partial charge in [-0.15, -0.1) is 0 Å². The Kier molecular flexibility index (Phi) is 3.58. The van der Waals surface area contributed by atoms with Crippen molar-refractivity contribution in [2.24, 2.45) is 0 Å². The van der Waals surface area contributed by atoms with Crippen LogP contribution in [0.2, 0.25) is 0 Å². The lowest BCUT2D eigenvalue weighted by atomic mass is 10.3. The molecule has 0 aliphatic heterocycles. The van der Waals surface area contributed by atoms with Crippen molar-refractivity contribution in [3.05, 3.63) is 37.0 Å². The molecule has 1 N–H and O–H groups in total. The number of anilines is 1. The van der Waals surface area contributed by atoms with E-state index in [-0.39, 0.29) is 5.82 Å². The van der Waals surface area contributed by atoms with Crippen LogP contribution in [0.5, 0.6) is 0 Å². The second kappa shape index (κ2) is 4.75. The van der Waals surface area contributed by atoms with Crippen LogP contribution in [0.15, 0.2) is 24.3 Å². The summed E-state index contributed by atoms with van der Waals surface area (Å²) in [6.45, 7) is 4.63. The summed E-state index contributed by atoms with van der Waals surface area (Å²) in [6.07, 6.45) is 1.96. The Bertz CT molecular complexity index is 218. The molecule has 1 nitrogen and oxygen atoms in total. The molecule has 1 aromatic rings. The molecule has 0 atom stereocenters. The van der Waals surface area contributed by atoms with Gasteiger partial charge in [-0.25, -0.2) is 4.39 Å². The summed E-state index contributed by atoms with van der Waals surface area (Å²) in [5, 5.41) is 3.17. The molecule has 0 unspecified atom stereocenters. The summed E-state index contributed by atoms with van der Waals surface area (Å²) in [5.41, 5.74) is 0.963. The predicted octanol–water partition coefficient (Wildman–Crippen LogP) is 2.85. The Hall–Kier alpha value is -1.05. The molecule has 0 aliphatic carbocycles. The van der Waals surface area contributed by atoms with Crippen molar-refractivity contribution in [2.45, 2.75) is 12.8 Å². The third kappa shape index (κ3) is 2.91. The first kappa shape index (κ1) is 9.04. The molecule has 0 amide bonds. The van der Waals surface area contributed by atoms with E-state index in [1.807, 2.05) is 0 Å². The lowest BCUT2D eigenvalue weighted by Gasteiger charge is -2.03. The topological polar surface area (TPSA) is 12.0 Å². The van der Waals surface area contributed by atoms with Gasteiger partial charge in [0.05, 0.1) is 0 Å². The molecule has 0 fully saturated rings. The second-order valence-corrected chi connectivity index (χ2v) is 2.64. The highest BCUT2D eigenvalue weighted by molar-refractivity contribution is 5.42. The second-order valence-electron chi connectivity index (χ2n) is 2.64. The summed E-state index contributed by atoms with van der Waals surface area (Å²) in [6, 6.07) is 6.37. The maximum atomic E-state index is 12.4. The van der Waals surface area contributed by atoms with Crippen molar-refractivity contribution in [3.8, 4) is 0 Å². The molecular formula is C10H13FN. The van der Waals surface area contributed by atoms with E-state index in [4.69, 9.17) is 0 Å². The maximum Gasteiger partial charge on any atom is 0.123 e. The van der Waals surface area contributed by atoms with Crippen molar-refractivity contribution in [2.75, 3.05) is 11.9 Å². The van der Waals surface area contributed by atoms with Crippen LogP contribution in [0.25, 0.3) is 0 Å². The van der Waals surface area contributed by atoms with Crippen LogP contribution in [-0.4, -0.2) is 6.54 Å². The molecule has 0 aliphatic rings. The molecule has 65 valence electrons. The highest BCUT2D eigenvalue weighted by atomic mass is 19.1. The van der Waals surface area contributed by atoms with E-state index in [0.29, 0.717) is 0 Å². The first-order chi connectivity index (χ1) is 5.83. The van der Waals surface area contributed by atoms with Gasteiger partial charge < -0.3 is 5.32 Å². The fourth-order valence-electron chi connectivity index (χ4n) is 0.925. The largest absolute Gasteiger partial charge is 0.385 e. The van der Waals surface area contributed by atoms with Gasteiger partial charge in [0, 0.05) is 12.2 Å². The van der Waals surface area contributed by atoms with E-state index >= 15 is 0 Å². The number of nitrogens with one attached hydrogen (secondary N) is 1. The van der Waals surface area contributed by atoms with Gasteiger partial charge >= 0.3 is 0 Å². The van der Waals surface area contributed by atoms with Crippen molar-refractivity contribution in [1.82, 2.24) is 0 Å². The molecule has 12 heavy (non-hydrogen) atoms. The molecule has 2 heteroatoms. The lowest BCUT2D eigenvalue weighted by molar-refractivity contribution is 0.628. The third-order valence-electron chi connectivity index (χ3n) is 1.60. The minimum atomic E-state index is -0.197. The van der Waals surface area contributed by atoms with E-state index in [0.717, 1.165) is 25.1 Å². The lowest BCUT2D eigenvalue weighted by Crippen LogP contribution is -2.00. The fourth-order valence-corrected chi connectivity index (χ4v) is 0.925. The Morgan fingerprint density at radius 2 is 1.92 bits per heavy atom. The molecule has 1 radical (unpaired) electrons. The highest BCUT2D eigenvalue weighted by Gasteiger charge is 1.90. The van der Waals surface area contributed by atoms with Gasteiger partial charge in [0.2, 0.25) is 0 Å². The van der Waals surface area contributed by atoms with Crippen LogP contribution in [0, 0.1) is 12.7 Å². The molecule has 0 saturated heterocycles. The van der Waals surface area contributed by atoms with E-state index in [9.17, 15) is 4.39 Å². The van der Waals surface area contributed by atoms with Gasteiger partial charge in [-0.1, -0.05) is 13.3 Å². The zero-order chi connectivity index (χ0) is 8.81. The Morgan fingerprint density at radius 3 is 2.50 bits per heavy atom. The smallest absolute Gasteiger partial charge is 0.123 e. The number of unbranched alkanes of at least 4 members (excludes halogenated alkanes) is 1. The molecular weight excluding hydrogens is 153 g/mol. The number of hydrogen-bond donors (Lipinski definition) is 1. The zero-order valence-electron chi connectivity index (χ0n) is 7.02. The van der Waals surface area contributed by atoms with Crippen molar-refractivity contribution in [1.29, 1.82) is 0 Å². The summed E-state index contributed by atoms with van der Waals surface area (Å²) in [7, 11) is 0. The predicted molar refractivity (Wildman–Crippen MR) is 49.5 cm³/mol. The van der Waals surface area contributed by atoms with E-state index in [1.165, 1.54) is 12.1 Å². The molecule has 0 spiro atoms. The molecule has 0 heterocycles. The SMILES string of the molecule is [CH2]CCCNc1ccc(F)cc1. The average Bonchev–Trinajstić information content (AvgIpc) is 2.09. The third-order valence-corrected chi connectivity index (χ3v) is 1.60. The normalized spacial score (nSPS) is 9.83. The zero-order valence-corrected chi connectivity index (χ0v) is 7.02. The highest BCUT2D eigenvalue weighted by Crippen LogP contribution is 2.07. The minimum absolute atomic E-state index is 0.197. The summed E-state index contributed by atoms with van der Waals surface area (Å²) in [5.74, 6) is -0.197. The number of halogens is 1. The molecule has 1 rings (SSSR count). The Labute approximate surface area is 72.6 Å². The monoisotopic (exact) mass is 166 g/mol.